The molecule has 22 heavy (non-hydrogen) atoms. The molecule has 0 fully saturated rings. The van der Waals surface area contributed by atoms with Gasteiger partial charge in [0, 0.05) is 29.0 Å². The molecule has 0 aliphatic rings. The van der Waals surface area contributed by atoms with E-state index in [1.807, 2.05) is 15.2 Å². The summed E-state index contributed by atoms with van der Waals surface area (Å²) in [5.74, 6) is 0. The monoisotopic (exact) mass is 302 g/mol. The predicted molar refractivity (Wildman–Crippen MR) is 94.1 cm³/mol. The van der Waals surface area contributed by atoms with Gasteiger partial charge in [-0.15, -0.1) is 0 Å². The van der Waals surface area contributed by atoms with Gasteiger partial charge in [0.05, 0.1) is 0 Å². The van der Waals surface area contributed by atoms with Crippen LogP contribution in [0.5, 0.6) is 0 Å². The SMILES string of the molecule is CC(C)(C)c1ccn2cc(C(C)(C)C)n(C(C)(C)C)c(=O)c12. The predicted octanol–water partition coefficient (Wildman–Crippen LogP) is 4.45. The van der Waals surface area contributed by atoms with Gasteiger partial charge in [-0.1, -0.05) is 41.5 Å². The van der Waals surface area contributed by atoms with Gasteiger partial charge in [-0.25, -0.2) is 0 Å². The minimum Gasteiger partial charge on any atom is -0.317 e. The van der Waals surface area contributed by atoms with Gasteiger partial charge in [0.15, 0.2) is 0 Å². The first-order valence-electron chi connectivity index (χ1n) is 8.03. The second-order valence-electron chi connectivity index (χ2n) is 9.31. The molecule has 2 rings (SSSR count). The smallest absolute Gasteiger partial charge is 0.275 e. The molecule has 0 aromatic carbocycles. The van der Waals surface area contributed by atoms with Gasteiger partial charge in [0.1, 0.15) is 5.52 Å². The Bertz CT molecular complexity index is 756. The zero-order chi connectivity index (χ0) is 17.1. The van der Waals surface area contributed by atoms with Crippen LogP contribution >= 0.6 is 0 Å². The molecule has 2 aromatic heterocycles. The van der Waals surface area contributed by atoms with Gasteiger partial charge >= 0.3 is 0 Å². The van der Waals surface area contributed by atoms with E-state index in [1.165, 1.54) is 0 Å². The summed E-state index contributed by atoms with van der Waals surface area (Å²) in [6.45, 7) is 19.2. The van der Waals surface area contributed by atoms with Crippen LogP contribution in [0.25, 0.3) is 5.52 Å². The quantitative estimate of drug-likeness (QED) is 0.706. The van der Waals surface area contributed by atoms with E-state index in [0.29, 0.717) is 0 Å². The second kappa shape index (κ2) is 4.74. The molecule has 3 heteroatoms. The average Bonchev–Trinajstić information content (AvgIpc) is 2.69. The van der Waals surface area contributed by atoms with Crippen LogP contribution in [0.3, 0.4) is 0 Å². The Labute approximate surface area is 134 Å². The van der Waals surface area contributed by atoms with Crippen LogP contribution in [-0.2, 0) is 16.4 Å². The number of aromatic nitrogens is 2. The summed E-state index contributed by atoms with van der Waals surface area (Å²) in [5.41, 5.74) is 2.69. The highest BCUT2D eigenvalue weighted by Gasteiger charge is 2.29. The van der Waals surface area contributed by atoms with E-state index in [9.17, 15) is 4.79 Å². The summed E-state index contributed by atoms with van der Waals surface area (Å²) >= 11 is 0. The first kappa shape index (κ1) is 16.9. The second-order valence-corrected chi connectivity index (χ2v) is 9.31. The maximum atomic E-state index is 13.3. The van der Waals surface area contributed by atoms with Gasteiger partial charge in [0.2, 0.25) is 0 Å². The van der Waals surface area contributed by atoms with Crippen LogP contribution in [0.1, 0.15) is 73.6 Å². The molecule has 0 saturated heterocycles. The molecule has 0 spiro atoms. The highest BCUT2D eigenvalue weighted by molar-refractivity contribution is 5.58. The van der Waals surface area contributed by atoms with Gasteiger partial charge in [0.25, 0.3) is 5.56 Å². The van der Waals surface area contributed by atoms with Crippen molar-refractivity contribution in [1.82, 2.24) is 8.97 Å². The minimum atomic E-state index is -0.249. The van der Waals surface area contributed by atoms with E-state index in [-0.39, 0.29) is 21.9 Å². The Morgan fingerprint density at radius 2 is 1.41 bits per heavy atom. The summed E-state index contributed by atoms with van der Waals surface area (Å²) in [6, 6.07) is 2.08. The third kappa shape index (κ3) is 2.73. The normalized spacial score (nSPS) is 13.9. The average molecular weight is 302 g/mol. The van der Waals surface area contributed by atoms with Crippen molar-refractivity contribution in [1.29, 1.82) is 0 Å². The summed E-state index contributed by atoms with van der Waals surface area (Å²) in [4.78, 5) is 13.3. The number of rotatable bonds is 0. The summed E-state index contributed by atoms with van der Waals surface area (Å²) in [7, 11) is 0. The molecular formula is C19H30N2O. The minimum absolute atomic E-state index is 0.0487. The fourth-order valence-electron chi connectivity index (χ4n) is 2.99. The van der Waals surface area contributed by atoms with Crippen LogP contribution in [-0.4, -0.2) is 8.97 Å². The van der Waals surface area contributed by atoms with Crippen molar-refractivity contribution in [3.63, 3.8) is 0 Å². The maximum absolute atomic E-state index is 13.3. The van der Waals surface area contributed by atoms with E-state index < -0.39 is 0 Å². The van der Waals surface area contributed by atoms with Crippen LogP contribution in [0.4, 0.5) is 0 Å². The maximum Gasteiger partial charge on any atom is 0.275 e. The summed E-state index contributed by atoms with van der Waals surface area (Å²) in [5, 5.41) is 0. The zero-order valence-electron chi connectivity index (χ0n) is 15.5. The Kier molecular flexibility index (Phi) is 3.63. The Morgan fingerprint density at radius 1 is 0.864 bits per heavy atom. The van der Waals surface area contributed by atoms with Crippen LogP contribution in [0.15, 0.2) is 23.3 Å². The number of nitrogens with zero attached hydrogens (tertiary/aromatic N) is 2. The van der Waals surface area contributed by atoms with E-state index in [4.69, 9.17) is 0 Å². The van der Waals surface area contributed by atoms with Crippen molar-refractivity contribution in [3.05, 3.63) is 40.1 Å². The highest BCUT2D eigenvalue weighted by atomic mass is 16.1. The number of hydrogen-bond acceptors (Lipinski definition) is 1. The van der Waals surface area contributed by atoms with Gasteiger partial charge in [-0.3, -0.25) is 4.79 Å². The lowest BCUT2D eigenvalue weighted by atomic mass is 9.87. The largest absolute Gasteiger partial charge is 0.317 e. The van der Waals surface area contributed by atoms with Gasteiger partial charge in [-0.05, 0) is 37.8 Å². The Morgan fingerprint density at radius 3 is 1.82 bits per heavy atom. The van der Waals surface area contributed by atoms with Crippen LogP contribution < -0.4 is 5.56 Å². The molecule has 0 aliphatic heterocycles. The molecule has 0 saturated carbocycles. The molecule has 0 bridgehead atoms. The topological polar surface area (TPSA) is 26.4 Å². The lowest BCUT2D eigenvalue weighted by molar-refractivity contribution is 0.344. The molecule has 0 N–H and O–H groups in total. The molecule has 0 aliphatic carbocycles. The molecule has 0 unspecified atom stereocenters. The third-order valence-corrected chi connectivity index (χ3v) is 4.07. The first-order valence-corrected chi connectivity index (χ1v) is 8.03. The van der Waals surface area contributed by atoms with Crippen molar-refractivity contribution < 1.29 is 0 Å². The molecule has 0 radical (unpaired) electrons. The number of hydrogen-bond donors (Lipinski definition) is 0. The molecule has 0 amide bonds. The van der Waals surface area contributed by atoms with Crippen molar-refractivity contribution in [2.24, 2.45) is 0 Å². The summed E-state index contributed by atoms with van der Waals surface area (Å²) in [6.07, 6.45) is 4.14. The van der Waals surface area contributed by atoms with Gasteiger partial charge < -0.3 is 8.97 Å². The third-order valence-electron chi connectivity index (χ3n) is 4.07. The highest BCUT2D eigenvalue weighted by Crippen LogP contribution is 2.30. The molecule has 122 valence electrons. The van der Waals surface area contributed by atoms with Crippen molar-refractivity contribution >= 4 is 5.52 Å². The standard InChI is InChI=1S/C19H30N2O/c1-17(2,3)13-10-11-20-12-14(18(4,5)6)21(19(7,8)9)16(22)15(13)20/h10-12H,1-9H3. The first-order chi connectivity index (χ1) is 9.74. The van der Waals surface area contributed by atoms with E-state index in [0.717, 1.165) is 16.8 Å². The molecule has 2 heterocycles. The fraction of sp³-hybridized carbons (Fsp3) is 0.632. The molecular weight excluding hydrogens is 272 g/mol. The van der Waals surface area contributed by atoms with E-state index >= 15 is 0 Å². The Hall–Kier alpha value is -1.51. The zero-order valence-corrected chi connectivity index (χ0v) is 15.5. The lowest BCUT2D eigenvalue weighted by Crippen LogP contribution is -2.40. The number of fused-ring (bicyclic) bond motifs is 1. The summed E-state index contributed by atoms with van der Waals surface area (Å²) < 4.78 is 3.98. The van der Waals surface area contributed by atoms with Crippen molar-refractivity contribution in [3.8, 4) is 0 Å². The fourth-order valence-corrected chi connectivity index (χ4v) is 2.99. The van der Waals surface area contributed by atoms with Crippen molar-refractivity contribution in [2.45, 2.75) is 78.7 Å². The van der Waals surface area contributed by atoms with Gasteiger partial charge in [-0.2, -0.15) is 0 Å². The molecule has 2 aromatic rings. The van der Waals surface area contributed by atoms with Crippen molar-refractivity contribution in [2.75, 3.05) is 0 Å². The Balaban J connectivity index is 3.01. The van der Waals surface area contributed by atoms with Crippen LogP contribution in [0, 0.1) is 0 Å². The lowest BCUT2D eigenvalue weighted by Gasteiger charge is -2.32. The van der Waals surface area contributed by atoms with Crippen LogP contribution in [0.2, 0.25) is 0 Å². The van der Waals surface area contributed by atoms with E-state index in [2.05, 4.69) is 74.6 Å². The molecule has 0 atom stereocenters. The molecule has 3 nitrogen and oxygen atoms in total. The van der Waals surface area contributed by atoms with E-state index in [1.54, 1.807) is 0 Å².